The summed E-state index contributed by atoms with van der Waals surface area (Å²) in [5.41, 5.74) is 1.44. The maximum absolute atomic E-state index is 14.4. The van der Waals surface area contributed by atoms with E-state index in [2.05, 4.69) is 15.0 Å². The van der Waals surface area contributed by atoms with Gasteiger partial charge in [0.15, 0.2) is 5.82 Å². The van der Waals surface area contributed by atoms with Gasteiger partial charge in [-0.2, -0.15) is 15.0 Å². The summed E-state index contributed by atoms with van der Waals surface area (Å²) in [5, 5.41) is 23.9. The molecule has 0 atom stereocenters. The largest absolute Gasteiger partial charge is 0.493 e. The third-order valence-electron chi connectivity index (χ3n) is 6.42. The third-order valence-corrected chi connectivity index (χ3v) is 6.42. The summed E-state index contributed by atoms with van der Waals surface area (Å²) in [6, 6.07) is 8.76. The average Bonchev–Trinajstić information content (AvgIpc) is 3.63. The number of aromatic nitrogens is 3. The fraction of sp³-hybridized carbons (Fsp3) is 0.333. The van der Waals surface area contributed by atoms with E-state index in [4.69, 9.17) is 5.26 Å². The number of nitrogens with zero attached hydrogens (tertiary/aromatic N) is 6. The quantitative estimate of drug-likeness (QED) is 0.662. The van der Waals surface area contributed by atoms with Crippen LogP contribution in [0.1, 0.15) is 34.3 Å². The highest BCUT2D eigenvalue weighted by molar-refractivity contribution is 5.94. The molecule has 5 rings (SSSR count). The maximum Gasteiger partial charge on any atom is 0.255 e. The molecule has 1 aliphatic heterocycles. The van der Waals surface area contributed by atoms with Crippen molar-refractivity contribution in [1.29, 1.82) is 5.26 Å². The average molecular weight is 446 g/mol. The molecule has 2 aromatic heterocycles. The Hall–Kier alpha value is -3.77. The molecule has 9 heteroatoms. The van der Waals surface area contributed by atoms with E-state index in [1.807, 2.05) is 4.90 Å². The van der Waals surface area contributed by atoms with Gasteiger partial charge < -0.3 is 10.0 Å². The predicted octanol–water partition coefficient (Wildman–Crippen LogP) is 2.88. The van der Waals surface area contributed by atoms with Gasteiger partial charge in [0.05, 0.1) is 22.9 Å². The van der Waals surface area contributed by atoms with E-state index in [1.165, 1.54) is 36.0 Å². The standard InChI is InChI=1S/C24H23FN6O2/c1-15-19(6-2-16(12-26)22(15)25)20-14-28-31(24(20)33)21-7-3-17(13-27-21)23(32)30-10-8-29(9-11-30)18-4-5-18/h2-3,6-7,13-14,18,33H,4-5,8-11H2,1H3. The van der Waals surface area contributed by atoms with Gasteiger partial charge in [0.2, 0.25) is 5.88 Å². The molecule has 33 heavy (non-hydrogen) atoms. The topological polar surface area (TPSA) is 98.3 Å². The lowest BCUT2D eigenvalue weighted by Gasteiger charge is -2.34. The molecule has 0 unspecified atom stereocenters. The van der Waals surface area contributed by atoms with E-state index < -0.39 is 5.82 Å². The monoisotopic (exact) mass is 446 g/mol. The second-order valence-corrected chi connectivity index (χ2v) is 8.47. The Morgan fingerprint density at radius 3 is 2.52 bits per heavy atom. The van der Waals surface area contributed by atoms with Gasteiger partial charge in [-0.1, -0.05) is 6.07 Å². The summed E-state index contributed by atoms with van der Waals surface area (Å²) in [7, 11) is 0. The minimum absolute atomic E-state index is 0.0565. The highest BCUT2D eigenvalue weighted by Gasteiger charge is 2.32. The van der Waals surface area contributed by atoms with Gasteiger partial charge in [-0.05, 0) is 49.1 Å². The van der Waals surface area contributed by atoms with E-state index in [9.17, 15) is 14.3 Å². The van der Waals surface area contributed by atoms with E-state index in [1.54, 1.807) is 31.2 Å². The van der Waals surface area contributed by atoms with Crippen LogP contribution in [-0.2, 0) is 0 Å². The Bertz CT molecular complexity index is 1250. The normalized spacial score (nSPS) is 16.6. The Kier molecular flexibility index (Phi) is 5.30. The Morgan fingerprint density at radius 2 is 1.88 bits per heavy atom. The molecule has 168 valence electrons. The number of aromatic hydroxyl groups is 1. The highest BCUT2D eigenvalue weighted by Crippen LogP contribution is 2.34. The maximum atomic E-state index is 14.4. The van der Waals surface area contributed by atoms with Crippen molar-refractivity contribution in [2.45, 2.75) is 25.8 Å². The number of amides is 1. The van der Waals surface area contributed by atoms with Crippen molar-refractivity contribution in [3.05, 3.63) is 59.2 Å². The first-order chi connectivity index (χ1) is 16.0. The van der Waals surface area contributed by atoms with Crippen LogP contribution < -0.4 is 0 Å². The molecule has 1 saturated heterocycles. The molecule has 0 spiro atoms. The zero-order valence-electron chi connectivity index (χ0n) is 18.2. The molecule has 0 bridgehead atoms. The number of benzene rings is 1. The van der Waals surface area contributed by atoms with E-state index in [-0.39, 0.29) is 22.9 Å². The summed E-state index contributed by atoms with van der Waals surface area (Å²) in [6.45, 7) is 4.77. The van der Waals surface area contributed by atoms with Gasteiger partial charge in [-0.3, -0.25) is 9.69 Å². The number of rotatable bonds is 4. The van der Waals surface area contributed by atoms with Crippen LogP contribution in [0.25, 0.3) is 16.9 Å². The van der Waals surface area contributed by atoms with Gasteiger partial charge in [0.25, 0.3) is 5.91 Å². The van der Waals surface area contributed by atoms with Gasteiger partial charge in [-0.25, -0.2) is 9.37 Å². The minimum atomic E-state index is -0.624. The number of hydrogen-bond acceptors (Lipinski definition) is 6. The van der Waals surface area contributed by atoms with Crippen molar-refractivity contribution in [3.63, 3.8) is 0 Å². The molecule has 3 aromatic rings. The molecule has 0 radical (unpaired) electrons. The van der Waals surface area contributed by atoms with Gasteiger partial charge in [0, 0.05) is 38.4 Å². The Balaban J connectivity index is 1.34. The summed E-state index contributed by atoms with van der Waals surface area (Å²) in [5.74, 6) is -0.551. The second kappa shape index (κ2) is 8.30. The van der Waals surface area contributed by atoms with Crippen molar-refractivity contribution in [2.24, 2.45) is 0 Å². The van der Waals surface area contributed by atoms with Crippen LogP contribution in [-0.4, -0.2) is 67.8 Å². The Labute approximate surface area is 190 Å². The van der Waals surface area contributed by atoms with Crippen LogP contribution in [0.2, 0.25) is 0 Å². The summed E-state index contributed by atoms with van der Waals surface area (Å²) in [4.78, 5) is 21.5. The van der Waals surface area contributed by atoms with E-state index in [0.29, 0.717) is 41.6 Å². The molecule has 2 aliphatic rings. The van der Waals surface area contributed by atoms with Crippen LogP contribution in [0.4, 0.5) is 4.39 Å². The lowest BCUT2D eigenvalue weighted by molar-refractivity contribution is 0.0627. The zero-order valence-corrected chi connectivity index (χ0v) is 18.2. The van der Waals surface area contributed by atoms with Crippen LogP contribution >= 0.6 is 0 Å². The zero-order chi connectivity index (χ0) is 23.1. The second-order valence-electron chi connectivity index (χ2n) is 8.47. The van der Waals surface area contributed by atoms with Crippen LogP contribution in [0.3, 0.4) is 0 Å². The summed E-state index contributed by atoms with van der Waals surface area (Å²) < 4.78 is 15.6. The number of piperazine rings is 1. The van der Waals surface area contributed by atoms with Crippen LogP contribution in [0, 0.1) is 24.1 Å². The molecule has 1 N–H and O–H groups in total. The number of carbonyl (C=O) groups excluding carboxylic acids is 1. The fourth-order valence-electron chi connectivity index (χ4n) is 4.31. The molecule has 1 amide bonds. The van der Waals surface area contributed by atoms with Crippen molar-refractivity contribution in [3.8, 4) is 28.9 Å². The lowest BCUT2D eigenvalue weighted by atomic mass is 10.00. The number of nitriles is 1. The summed E-state index contributed by atoms with van der Waals surface area (Å²) >= 11 is 0. The molecule has 2 fully saturated rings. The van der Waals surface area contributed by atoms with Crippen molar-refractivity contribution in [2.75, 3.05) is 26.2 Å². The smallest absolute Gasteiger partial charge is 0.255 e. The number of carbonyl (C=O) groups is 1. The predicted molar refractivity (Wildman–Crippen MR) is 118 cm³/mol. The van der Waals surface area contributed by atoms with Gasteiger partial charge in [-0.15, -0.1) is 0 Å². The number of hydrogen-bond donors (Lipinski definition) is 1. The SMILES string of the molecule is Cc1c(-c2cnn(-c3ccc(C(=O)N4CCN(C5CC5)CC4)cn3)c2O)ccc(C#N)c1F. The molecular weight excluding hydrogens is 423 g/mol. The first-order valence-electron chi connectivity index (χ1n) is 10.9. The molecular formula is C24H23FN6O2. The van der Waals surface area contributed by atoms with Crippen molar-refractivity contribution >= 4 is 5.91 Å². The molecule has 1 aliphatic carbocycles. The fourth-order valence-corrected chi connectivity index (χ4v) is 4.31. The summed E-state index contributed by atoms with van der Waals surface area (Å²) in [6.07, 6.45) is 5.43. The molecule has 3 heterocycles. The van der Waals surface area contributed by atoms with Crippen LogP contribution in [0.15, 0.2) is 36.7 Å². The molecule has 8 nitrogen and oxygen atoms in total. The molecule has 1 aromatic carbocycles. The number of halogens is 1. The third kappa shape index (κ3) is 3.83. The van der Waals surface area contributed by atoms with Gasteiger partial charge >= 0.3 is 0 Å². The van der Waals surface area contributed by atoms with E-state index in [0.717, 1.165) is 13.1 Å². The van der Waals surface area contributed by atoms with Crippen molar-refractivity contribution < 1.29 is 14.3 Å². The Morgan fingerprint density at radius 1 is 1.12 bits per heavy atom. The number of pyridine rings is 1. The highest BCUT2D eigenvalue weighted by atomic mass is 19.1. The molecule has 1 saturated carbocycles. The van der Waals surface area contributed by atoms with Crippen LogP contribution in [0.5, 0.6) is 5.88 Å². The lowest BCUT2D eigenvalue weighted by Crippen LogP contribution is -2.49. The first-order valence-corrected chi connectivity index (χ1v) is 10.9. The van der Waals surface area contributed by atoms with E-state index >= 15 is 0 Å². The van der Waals surface area contributed by atoms with Gasteiger partial charge in [0.1, 0.15) is 11.9 Å². The minimum Gasteiger partial charge on any atom is -0.493 e. The first kappa shape index (κ1) is 21.1. The van der Waals surface area contributed by atoms with Crippen molar-refractivity contribution in [1.82, 2.24) is 24.6 Å².